The molecular weight excluding hydrogens is 370 g/mol. The summed E-state index contributed by atoms with van der Waals surface area (Å²) in [6.07, 6.45) is 0.898. The van der Waals surface area contributed by atoms with Crippen LogP contribution in [0.25, 0.3) is 38.8 Å². The van der Waals surface area contributed by atoms with Crippen molar-refractivity contribution in [1.29, 1.82) is 0 Å². The molecule has 134 valence electrons. The van der Waals surface area contributed by atoms with Gasteiger partial charge in [-0.15, -0.1) is 0 Å². The highest BCUT2D eigenvalue weighted by Gasteiger charge is 2.17. The number of aromatic nitrogens is 1. The summed E-state index contributed by atoms with van der Waals surface area (Å²) in [6.45, 7) is 0. The second kappa shape index (κ2) is 7.57. The monoisotopic (exact) mass is 383 g/mol. The van der Waals surface area contributed by atoms with Gasteiger partial charge >= 0.3 is 6.21 Å². The minimum Gasteiger partial charge on any atom is -0.361 e. The van der Waals surface area contributed by atoms with Gasteiger partial charge in [-0.05, 0) is 23.8 Å². The first-order valence-electron chi connectivity index (χ1n) is 8.64. The van der Waals surface area contributed by atoms with E-state index in [1.165, 1.54) is 0 Å². The molecule has 1 heterocycles. The van der Waals surface area contributed by atoms with Crippen LogP contribution in [0.15, 0.2) is 78.9 Å². The number of ketones is 1. The number of benzene rings is 3. The highest BCUT2D eigenvalue weighted by atomic mass is 35.5. The predicted octanol–water partition coefficient (Wildman–Crippen LogP) is 5.71. The zero-order valence-corrected chi connectivity index (χ0v) is 15.5. The van der Waals surface area contributed by atoms with Crippen molar-refractivity contribution < 1.29 is 9.58 Å². The lowest BCUT2D eigenvalue weighted by atomic mass is 9.96. The Morgan fingerprint density at radius 1 is 0.929 bits per heavy atom. The van der Waals surface area contributed by atoms with E-state index >= 15 is 0 Å². The number of hydrogen-bond donors (Lipinski definition) is 0. The van der Waals surface area contributed by atoms with Crippen molar-refractivity contribution >= 4 is 34.5 Å². The number of rotatable bonds is 4. The third-order valence-electron chi connectivity index (χ3n) is 4.50. The normalized spacial score (nSPS) is 10.5. The maximum absolute atomic E-state index is 12.6. The van der Waals surface area contributed by atoms with Crippen molar-refractivity contribution in [2.24, 2.45) is 0 Å². The van der Waals surface area contributed by atoms with E-state index in [1.807, 2.05) is 60.7 Å². The Labute approximate surface area is 166 Å². The first kappa shape index (κ1) is 17.8. The Kier molecular flexibility index (Phi) is 4.81. The summed E-state index contributed by atoms with van der Waals surface area (Å²) in [6, 6.07) is 24.6. The number of para-hydroxylation sites is 1. The van der Waals surface area contributed by atoms with E-state index in [9.17, 15) is 4.79 Å². The van der Waals surface area contributed by atoms with Crippen LogP contribution in [0.5, 0.6) is 0 Å². The van der Waals surface area contributed by atoms with E-state index in [1.54, 1.807) is 18.2 Å². The van der Waals surface area contributed by atoms with Crippen molar-refractivity contribution in [2.45, 2.75) is 0 Å². The van der Waals surface area contributed by atoms with Crippen molar-refractivity contribution in [2.75, 3.05) is 0 Å². The van der Waals surface area contributed by atoms with Crippen LogP contribution in [0.1, 0.15) is 10.4 Å². The molecule has 0 unspecified atom stereocenters. The molecule has 3 aromatic carbocycles. The second-order valence-corrected chi connectivity index (χ2v) is 6.67. The summed E-state index contributed by atoms with van der Waals surface area (Å²) >= 11 is 6.00. The summed E-state index contributed by atoms with van der Waals surface area (Å²) in [4.78, 5) is 20.3. The Balaban J connectivity index is 2.05. The van der Waals surface area contributed by atoms with Crippen molar-refractivity contribution in [3.63, 3.8) is 0 Å². The third kappa shape index (κ3) is 3.35. The molecule has 5 heteroatoms. The van der Waals surface area contributed by atoms with Crippen molar-refractivity contribution in [3.05, 3.63) is 95.0 Å². The molecule has 0 bridgehead atoms. The van der Waals surface area contributed by atoms with E-state index in [0.717, 1.165) is 22.9 Å². The predicted molar refractivity (Wildman–Crippen MR) is 112 cm³/mol. The fraction of sp³-hybridized carbons (Fsp3) is 0. The highest BCUT2D eigenvalue weighted by molar-refractivity contribution is 6.36. The SMILES string of the molecule is [N-]=[N+]=CC(=O)c1cc(-c2ccc(Cl)cc2)nc2c(-c3ccccc3)cccc12. The van der Waals surface area contributed by atoms with Crippen molar-refractivity contribution in [3.8, 4) is 22.4 Å². The van der Waals surface area contributed by atoms with Crippen LogP contribution in [-0.4, -0.2) is 21.8 Å². The lowest BCUT2D eigenvalue weighted by Gasteiger charge is -2.11. The molecule has 0 atom stereocenters. The smallest absolute Gasteiger partial charge is 0.328 e. The number of carbonyl (C=O) groups excluding carboxylic acids is 1. The van der Waals surface area contributed by atoms with Crippen LogP contribution in [-0.2, 0) is 0 Å². The van der Waals surface area contributed by atoms with Crippen LogP contribution < -0.4 is 0 Å². The Hall–Kier alpha value is -3.59. The molecule has 0 aliphatic rings. The number of pyridine rings is 1. The van der Waals surface area contributed by atoms with Gasteiger partial charge in [0.05, 0.1) is 11.2 Å². The van der Waals surface area contributed by atoms with E-state index in [4.69, 9.17) is 22.1 Å². The molecule has 4 aromatic rings. The minimum absolute atomic E-state index is 0.393. The summed E-state index contributed by atoms with van der Waals surface area (Å²) in [5.74, 6) is -0.393. The molecule has 0 aliphatic carbocycles. The van der Waals surface area contributed by atoms with Crippen LogP contribution in [0.2, 0.25) is 5.02 Å². The van der Waals surface area contributed by atoms with Gasteiger partial charge in [-0.25, -0.2) is 4.98 Å². The van der Waals surface area contributed by atoms with Gasteiger partial charge in [0.15, 0.2) is 0 Å². The Morgan fingerprint density at radius 2 is 1.68 bits per heavy atom. The lowest BCUT2D eigenvalue weighted by Crippen LogP contribution is -2.04. The Morgan fingerprint density at radius 3 is 2.39 bits per heavy atom. The number of Topliss-reactive ketones (excluding diaryl/α,β-unsaturated/α-hetero) is 1. The van der Waals surface area contributed by atoms with E-state index < -0.39 is 5.78 Å². The van der Waals surface area contributed by atoms with Crippen LogP contribution in [0.3, 0.4) is 0 Å². The first-order chi connectivity index (χ1) is 13.7. The average molecular weight is 384 g/mol. The number of hydrogen-bond acceptors (Lipinski definition) is 2. The maximum Gasteiger partial charge on any atom is 0.328 e. The maximum atomic E-state index is 12.6. The standard InChI is InChI=1S/C23H14ClN3O/c24-17-11-9-16(10-12-17)21-13-20(22(28)14-26-25)19-8-4-7-18(23(19)27-21)15-5-2-1-3-6-15/h1-14H. The van der Waals surface area contributed by atoms with Gasteiger partial charge in [-0.3, -0.25) is 4.79 Å². The molecular formula is C23H14ClN3O. The topological polar surface area (TPSA) is 66.4 Å². The number of halogens is 1. The van der Waals surface area contributed by atoms with E-state index in [0.29, 0.717) is 27.2 Å². The molecule has 0 saturated carbocycles. The van der Waals surface area contributed by atoms with E-state index in [2.05, 4.69) is 4.79 Å². The fourth-order valence-corrected chi connectivity index (χ4v) is 3.32. The molecule has 0 aliphatic heterocycles. The zero-order chi connectivity index (χ0) is 19.5. The summed E-state index contributed by atoms with van der Waals surface area (Å²) in [5, 5.41) is 1.32. The average Bonchev–Trinajstić information content (AvgIpc) is 2.74. The fourth-order valence-electron chi connectivity index (χ4n) is 3.19. The van der Waals surface area contributed by atoms with Gasteiger partial charge in [-0.1, -0.05) is 72.3 Å². The molecule has 0 fully saturated rings. The largest absolute Gasteiger partial charge is 0.361 e. The summed E-state index contributed by atoms with van der Waals surface area (Å²) in [7, 11) is 0. The molecule has 0 saturated heterocycles. The molecule has 0 N–H and O–H groups in total. The number of fused-ring (bicyclic) bond motifs is 1. The molecule has 28 heavy (non-hydrogen) atoms. The van der Waals surface area contributed by atoms with Gasteiger partial charge < -0.3 is 5.53 Å². The second-order valence-electron chi connectivity index (χ2n) is 6.24. The molecule has 0 amide bonds. The van der Waals surface area contributed by atoms with Crippen molar-refractivity contribution in [1.82, 2.24) is 4.98 Å². The molecule has 4 nitrogen and oxygen atoms in total. The first-order valence-corrected chi connectivity index (χ1v) is 9.02. The zero-order valence-electron chi connectivity index (χ0n) is 14.7. The van der Waals surface area contributed by atoms with Crippen LogP contribution >= 0.6 is 11.6 Å². The number of carbonyl (C=O) groups is 1. The minimum atomic E-state index is -0.393. The number of nitrogens with zero attached hydrogens (tertiary/aromatic N) is 3. The van der Waals surface area contributed by atoms with Gasteiger partial charge in [0.1, 0.15) is 0 Å². The lowest BCUT2D eigenvalue weighted by molar-refractivity contribution is 0.00236. The molecule has 4 rings (SSSR count). The highest BCUT2D eigenvalue weighted by Crippen LogP contribution is 2.32. The molecule has 1 aromatic heterocycles. The third-order valence-corrected chi connectivity index (χ3v) is 4.76. The van der Waals surface area contributed by atoms with E-state index in [-0.39, 0.29) is 0 Å². The molecule has 0 radical (unpaired) electrons. The Bertz CT molecular complexity index is 1230. The van der Waals surface area contributed by atoms with Gasteiger partial charge in [-0.2, -0.15) is 4.79 Å². The van der Waals surface area contributed by atoms with Crippen LogP contribution in [0.4, 0.5) is 0 Å². The van der Waals surface area contributed by atoms with Gasteiger partial charge in [0.25, 0.3) is 5.78 Å². The summed E-state index contributed by atoms with van der Waals surface area (Å²) < 4.78 is 0. The summed E-state index contributed by atoms with van der Waals surface area (Å²) in [5.41, 5.74) is 13.4. The quantitative estimate of drug-likeness (QED) is 0.196. The van der Waals surface area contributed by atoms with Gasteiger partial charge in [0.2, 0.25) is 0 Å². The van der Waals surface area contributed by atoms with Gasteiger partial charge in [0, 0.05) is 27.1 Å². The molecule has 0 spiro atoms. The van der Waals surface area contributed by atoms with Crippen LogP contribution in [0, 0.1) is 0 Å².